The summed E-state index contributed by atoms with van der Waals surface area (Å²) < 4.78 is 48.5. The summed E-state index contributed by atoms with van der Waals surface area (Å²) in [5.41, 5.74) is 0.144. The molecule has 4 nitrogen and oxygen atoms in total. The number of ether oxygens (including phenoxy) is 2. The van der Waals surface area contributed by atoms with E-state index in [2.05, 4.69) is 10.6 Å². The van der Waals surface area contributed by atoms with Gasteiger partial charge >= 0.3 is 6.18 Å². The molecule has 1 aliphatic rings. The zero-order chi connectivity index (χ0) is 16.4. The molecule has 0 spiro atoms. The van der Waals surface area contributed by atoms with Gasteiger partial charge in [-0.25, -0.2) is 0 Å². The van der Waals surface area contributed by atoms with Crippen molar-refractivity contribution in [3.8, 4) is 11.5 Å². The number of alkyl halides is 3. The molecule has 0 amide bonds. The van der Waals surface area contributed by atoms with E-state index in [1.165, 1.54) is 12.1 Å². The van der Waals surface area contributed by atoms with Gasteiger partial charge in [-0.05, 0) is 42.5 Å². The minimum absolute atomic E-state index is 0.158. The summed E-state index contributed by atoms with van der Waals surface area (Å²) in [5, 5.41) is 5.77. The van der Waals surface area contributed by atoms with E-state index in [1.807, 2.05) is 0 Å². The van der Waals surface area contributed by atoms with Crippen molar-refractivity contribution in [2.45, 2.75) is 6.18 Å². The highest BCUT2D eigenvalue weighted by atomic mass is 32.1. The molecule has 2 aromatic carbocycles. The van der Waals surface area contributed by atoms with Crippen LogP contribution in [0.5, 0.6) is 11.5 Å². The van der Waals surface area contributed by atoms with Gasteiger partial charge in [0, 0.05) is 17.4 Å². The first-order valence-corrected chi connectivity index (χ1v) is 6.97. The maximum absolute atomic E-state index is 12.7. The Hall–Kier alpha value is -2.48. The first-order chi connectivity index (χ1) is 10.9. The maximum Gasteiger partial charge on any atom is 0.416 e. The molecular formula is C15H11F3N2O2S. The fourth-order valence-corrected chi connectivity index (χ4v) is 2.28. The van der Waals surface area contributed by atoms with Crippen molar-refractivity contribution in [2.24, 2.45) is 0 Å². The minimum Gasteiger partial charge on any atom is -0.454 e. The van der Waals surface area contributed by atoms with Crippen LogP contribution in [-0.2, 0) is 6.18 Å². The molecule has 0 aromatic heterocycles. The predicted octanol–water partition coefficient (Wildman–Crippen LogP) is 4.24. The Bertz CT molecular complexity index is 750. The number of rotatable bonds is 2. The summed E-state index contributed by atoms with van der Waals surface area (Å²) in [6.07, 6.45) is -4.40. The summed E-state index contributed by atoms with van der Waals surface area (Å²) in [7, 11) is 0. The second-order valence-corrected chi connectivity index (χ2v) is 5.13. The van der Waals surface area contributed by atoms with Gasteiger partial charge in [0.25, 0.3) is 0 Å². The van der Waals surface area contributed by atoms with Gasteiger partial charge in [0.1, 0.15) is 0 Å². The molecule has 0 fully saturated rings. The Morgan fingerprint density at radius 2 is 1.65 bits per heavy atom. The second-order valence-electron chi connectivity index (χ2n) is 4.73. The number of nitrogens with one attached hydrogen (secondary N) is 2. The van der Waals surface area contributed by atoms with Crippen molar-refractivity contribution in [1.29, 1.82) is 0 Å². The molecule has 3 rings (SSSR count). The van der Waals surface area contributed by atoms with E-state index >= 15 is 0 Å². The lowest BCUT2D eigenvalue weighted by molar-refractivity contribution is -0.137. The molecule has 120 valence electrons. The van der Waals surface area contributed by atoms with Gasteiger partial charge in [0.05, 0.1) is 5.56 Å². The average Bonchev–Trinajstić information content (AvgIpc) is 2.94. The molecule has 0 unspecified atom stereocenters. The normalized spacial score (nSPS) is 12.8. The fraction of sp³-hybridized carbons (Fsp3) is 0.133. The third-order valence-electron chi connectivity index (χ3n) is 3.08. The summed E-state index contributed by atoms with van der Waals surface area (Å²) in [4.78, 5) is 0. The minimum atomic E-state index is -4.40. The van der Waals surface area contributed by atoms with Crippen LogP contribution in [0.1, 0.15) is 5.56 Å². The van der Waals surface area contributed by atoms with E-state index in [0.29, 0.717) is 17.2 Å². The number of hydrogen-bond donors (Lipinski definition) is 2. The largest absolute Gasteiger partial charge is 0.454 e. The van der Waals surface area contributed by atoms with Crippen molar-refractivity contribution in [1.82, 2.24) is 0 Å². The molecule has 0 saturated carbocycles. The number of thiocarbonyl (C=S) groups is 1. The van der Waals surface area contributed by atoms with E-state index in [-0.39, 0.29) is 17.6 Å². The molecule has 8 heteroatoms. The van der Waals surface area contributed by atoms with Gasteiger partial charge in [-0.1, -0.05) is 6.07 Å². The fourth-order valence-electron chi connectivity index (χ4n) is 2.04. The lowest BCUT2D eigenvalue weighted by Crippen LogP contribution is -2.19. The lowest BCUT2D eigenvalue weighted by Gasteiger charge is -2.13. The molecule has 1 heterocycles. The van der Waals surface area contributed by atoms with Crippen LogP contribution in [0.15, 0.2) is 42.5 Å². The zero-order valence-electron chi connectivity index (χ0n) is 11.6. The SMILES string of the molecule is FC(F)(F)c1cccc(NC(=S)Nc2ccc3c(c2)OCO3)c1. The number of hydrogen-bond acceptors (Lipinski definition) is 3. The van der Waals surface area contributed by atoms with Gasteiger partial charge in [-0.2, -0.15) is 13.2 Å². The lowest BCUT2D eigenvalue weighted by atomic mass is 10.2. The summed E-state index contributed by atoms with van der Waals surface area (Å²) in [5.74, 6) is 1.21. The van der Waals surface area contributed by atoms with Crippen molar-refractivity contribution < 1.29 is 22.6 Å². The van der Waals surface area contributed by atoms with E-state index in [9.17, 15) is 13.2 Å². The highest BCUT2D eigenvalue weighted by Gasteiger charge is 2.30. The molecule has 0 aliphatic carbocycles. The van der Waals surface area contributed by atoms with E-state index in [1.54, 1.807) is 18.2 Å². The van der Waals surface area contributed by atoms with Crippen molar-refractivity contribution in [3.63, 3.8) is 0 Å². The van der Waals surface area contributed by atoms with Crippen molar-refractivity contribution in [3.05, 3.63) is 48.0 Å². The topological polar surface area (TPSA) is 42.5 Å². The van der Waals surface area contributed by atoms with Crippen LogP contribution in [0.4, 0.5) is 24.5 Å². The summed E-state index contributed by atoms with van der Waals surface area (Å²) in [6.45, 7) is 0.158. The standard InChI is InChI=1S/C15H11F3N2O2S/c16-15(17,18)9-2-1-3-10(6-9)19-14(23)20-11-4-5-12-13(7-11)22-8-21-12/h1-7H,8H2,(H2,19,20,23). The van der Waals surface area contributed by atoms with Gasteiger partial charge in [0.2, 0.25) is 6.79 Å². The molecule has 23 heavy (non-hydrogen) atoms. The van der Waals surface area contributed by atoms with Gasteiger partial charge in [-0.15, -0.1) is 0 Å². The van der Waals surface area contributed by atoms with E-state index in [0.717, 1.165) is 12.1 Å². The molecule has 0 bridgehead atoms. The molecule has 2 N–H and O–H groups in total. The van der Waals surface area contributed by atoms with Crippen LogP contribution in [0.25, 0.3) is 0 Å². The zero-order valence-corrected chi connectivity index (χ0v) is 12.4. The Labute approximate surface area is 135 Å². The Balaban J connectivity index is 1.68. The smallest absolute Gasteiger partial charge is 0.416 e. The van der Waals surface area contributed by atoms with E-state index < -0.39 is 11.7 Å². The molecule has 2 aromatic rings. The second kappa shape index (κ2) is 5.96. The van der Waals surface area contributed by atoms with Gasteiger partial charge in [-0.3, -0.25) is 0 Å². The summed E-state index contributed by atoms with van der Waals surface area (Å²) in [6, 6.07) is 9.96. The number of fused-ring (bicyclic) bond motifs is 1. The molecule has 0 saturated heterocycles. The van der Waals surface area contributed by atoms with Crippen LogP contribution in [0.2, 0.25) is 0 Å². The number of halogens is 3. The van der Waals surface area contributed by atoms with E-state index in [4.69, 9.17) is 21.7 Å². The molecule has 0 radical (unpaired) electrons. The summed E-state index contributed by atoms with van der Waals surface area (Å²) >= 11 is 5.11. The monoisotopic (exact) mass is 340 g/mol. The molecular weight excluding hydrogens is 329 g/mol. The third kappa shape index (κ3) is 3.65. The highest BCUT2D eigenvalue weighted by Crippen LogP contribution is 2.34. The molecule has 1 aliphatic heterocycles. The Morgan fingerprint density at radius 3 is 2.39 bits per heavy atom. The Morgan fingerprint density at radius 1 is 0.957 bits per heavy atom. The first kappa shape index (κ1) is 15.4. The predicted molar refractivity (Wildman–Crippen MR) is 83.9 cm³/mol. The first-order valence-electron chi connectivity index (χ1n) is 6.57. The maximum atomic E-state index is 12.7. The molecule has 0 atom stereocenters. The van der Waals surface area contributed by atoms with Gasteiger partial charge < -0.3 is 20.1 Å². The van der Waals surface area contributed by atoms with Crippen molar-refractivity contribution in [2.75, 3.05) is 17.4 Å². The van der Waals surface area contributed by atoms with Crippen molar-refractivity contribution >= 4 is 28.7 Å². The number of anilines is 2. The van der Waals surface area contributed by atoms with Crippen LogP contribution < -0.4 is 20.1 Å². The van der Waals surface area contributed by atoms with Crippen LogP contribution in [-0.4, -0.2) is 11.9 Å². The van der Waals surface area contributed by atoms with Crippen LogP contribution in [0.3, 0.4) is 0 Å². The Kier molecular flexibility index (Phi) is 3.99. The van der Waals surface area contributed by atoms with Crippen LogP contribution >= 0.6 is 12.2 Å². The highest BCUT2D eigenvalue weighted by molar-refractivity contribution is 7.80. The average molecular weight is 340 g/mol. The van der Waals surface area contributed by atoms with Gasteiger partial charge in [0.15, 0.2) is 16.6 Å². The van der Waals surface area contributed by atoms with Crippen LogP contribution in [0, 0.1) is 0 Å². The quantitative estimate of drug-likeness (QED) is 0.801. The number of benzene rings is 2. The third-order valence-corrected chi connectivity index (χ3v) is 3.28.